The Kier molecular flexibility index (Phi) is 1.42. The van der Waals surface area contributed by atoms with Crippen molar-refractivity contribution >= 4 is 5.96 Å². The smallest absolute Gasteiger partial charge is 0.192 e. The molecule has 1 heterocycles. The molecular formula is C8H11N3. The zero-order valence-electron chi connectivity index (χ0n) is 6.27. The molecule has 1 aliphatic heterocycles. The van der Waals surface area contributed by atoms with Crippen LogP contribution in [0, 0.1) is 0 Å². The molecule has 0 saturated heterocycles. The molecule has 0 bridgehead atoms. The van der Waals surface area contributed by atoms with Gasteiger partial charge in [-0.2, -0.15) is 0 Å². The minimum Gasteiger partial charge on any atom is -0.370 e. The van der Waals surface area contributed by atoms with E-state index in [-0.39, 0.29) is 0 Å². The summed E-state index contributed by atoms with van der Waals surface area (Å²) in [5.41, 5.74) is 5.67. The number of rotatable bonds is 1. The predicted molar refractivity (Wildman–Crippen MR) is 45.3 cm³/mol. The maximum absolute atomic E-state index is 5.67. The average molecular weight is 149 g/mol. The van der Waals surface area contributed by atoms with Gasteiger partial charge < -0.3 is 10.6 Å². The summed E-state index contributed by atoms with van der Waals surface area (Å²) in [6.45, 7) is 1.79. The second-order valence-corrected chi connectivity index (χ2v) is 2.69. The molecule has 0 spiro atoms. The topological polar surface area (TPSA) is 41.6 Å². The highest BCUT2D eigenvalue weighted by Gasteiger charge is 2.20. The van der Waals surface area contributed by atoms with Crippen molar-refractivity contribution in [3.63, 3.8) is 0 Å². The number of aliphatic imine (C=N–C) groups is 1. The number of allylic oxidation sites excluding steroid dienone is 2. The maximum atomic E-state index is 5.67. The van der Waals surface area contributed by atoms with Crippen LogP contribution >= 0.6 is 0 Å². The molecular weight excluding hydrogens is 138 g/mol. The van der Waals surface area contributed by atoms with Gasteiger partial charge in [-0.25, -0.2) is 0 Å². The normalized spacial score (nSPS) is 23.3. The fourth-order valence-electron chi connectivity index (χ4n) is 1.41. The summed E-state index contributed by atoms with van der Waals surface area (Å²) in [6.07, 6.45) is 8.31. The fourth-order valence-corrected chi connectivity index (χ4v) is 1.41. The molecule has 0 radical (unpaired) electrons. The number of hydrogen-bond donors (Lipinski definition) is 1. The van der Waals surface area contributed by atoms with E-state index in [1.807, 2.05) is 12.2 Å². The lowest BCUT2D eigenvalue weighted by atomic mass is 10.3. The quantitative estimate of drug-likeness (QED) is 0.575. The van der Waals surface area contributed by atoms with Gasteiger partial charge in [-0.05, 0) is 0 Å². The summed E-state index contributed by atoms with van der Waals surface area (Å²) in [4.78, 5) is 6.21. The van der Waals surface area contributed by atoms with E-state index in [9.17, 15) is 0 Å². The lowest BCUT2D eigenvalue weighted by molar-refractivity contribution is 0.439. The third-order valence-corrected chi connectivity index (χ3v) is 2.00. The molecule has 1 aliphatic carbocycles. The molecule has 3 heteroatoms. The van der Waals surface area contributed by atoms with E-state index in [1.54, 1.807) is 0 Å². The van der Waals surface area contributed by atoms with Gasteiger partial charge in [0.25, 0.3) is 0 Å². The molecule has 0 aromatic rings. The molecule has 11 heavy (non-hydrogen) atoms. The fraction of sp³-hybridized carbons (Fsp3) is 0.375. The maximum Gasteiger partial charge on any atom is 0.192 e. The summed E-state index contributed by atoms with van der Waals surface area (Å²) in [7, 11) is 0. The molecule has 3 nitrogen and oxygen atoms in total. The highest BCUT2D eigenvalue weighted by Crippen LogP contribution is 2.11. The highest BCUT2D eigenvalue weighted by atomic mass is 15.3. The molecule has 2 aliphatic rings. The lowest BCUT2D eigenvalue weighted by Gasteiger charge is -2.21. The third-order valence-electron chi connectivity index (χ3n) is 2.00. The Hall–Kier alpha value is -1.25. The van der Waals surface area contributed by atoms with Crippen LogP contribution in [0.2, 0.25) is 0 Å². The summed E-state index contributed by atoms with van der Waals surface area (Å²) >= 11 is 0. The molecule has 0 atom stereocenters. The van der Waals surface area contributed by atoms with Crippen LogP contribution in [0.1, 0.15) is 0 Å². The molecule has 0 saturated carbocycles. The first kappa shape index (κ1) is 6.46. The van der Waals surface area contributed by atoms with E-state index in [4.69, 9.17) is 5.73 Å². The van der Waals surface area contributed by atoms with Crippen molar-refractivity contribution in [1.29, 1.82) is 0 Å². The van der Waals surface area contributed by atoms with Crippen LogP contribution in [0.4, 0.5) is 0 Å². The number of nitrogens with zero attached hydrogens (tertiary/aromatic N) is 2. The molecule has 0 aromatic carbocycles. The van der Waals surface area contributed by atoms with E-state index in [0.717, 1.165) is 13.1 Å². The molecule has 0 fully saturated rings. The van der Waals surface area contributed by atoms with Gasteiger partial charge in [0.2, 0.25) is 0 Å². The van der Waals surface area contributed by atoms with Crippen LogP contribution in [0.25, 0.3) is 0 Å². The van der Waals surface area contributed by atoms with Crippen LogP contribution < -0.4 is 5.73 Å². The van der Waals surface area contributed by atoms with E-state index < -0.39 is 0 Å². The molecule has 0 unspecified atom stereocenters. The monoisotopic (exact) mass is 149 g/mol. The Bertz CT molecular complexity index is 228. The Balaban J connectivity index is 2.11. The molecule has 2 N–H and O–H groups in total. The minimum absolute atomic E-state index is 0.348. The Morgan fingerprint density at radius 3 is 2.73 bits per heavy atom. The Morgan fingerprint density at radius 1 is 1.45 bits per heavy atom. The molecule has 0 amide bonds. The van der Waals surface area contributed by atoms with Gasteiger partial charge in [-0.3, -0.25) is 4.99 Å². The average Bonchev–Trinajstić information content (AvgIpc) is 2.55. The second kappa shape index (κ2) is 2.42. The van der Waals surface area contributed by atoms with E-state index in [1.165, 1.54) is 0 Å². The van der Waals surface area contributed by atoms with Crippen LogP contribution in [-0.4, -0.2) is 30.0 Å². The van der Waals surface area contributed by atoms with Gasteiger partial charge >= 0.3 is 0 Å². The first-order chi connectivity index (χ1) is 5.38. The van der Waals surface area contributed by atoms with Crippen LogP contribution in [0.5, 0.6) is 0 Å². The van der Waals surface area contributed by atoms with Crippen molar-refractivity contribution in [2.24, 2.45) is 10.7 Å². The van der Waals surface area contributed by atoms with Crippen molar-refractivity contribution in [2.75, 3.05) is 13.1 Å². The van der Waals surface area contributed by atoms with Crippen LogP contribution in [0.15, 0.2) is 29.3 Å². The highest BCUT2D eigenvalue weighted by molar-refractivity contribution is 5.80. The summed E-state index contributed by atoms with van der Waals surface area (Å²) in [5, 5.41) is 0. The van der Waals surface area contributed by atoms with Gasteiger partial charge in [0.1, 0.15) is 0 Å². The van der Waals surface area contributed by atoms with Gasteiger partial charge in [-0.1, -0.05) is 24.3 Å². The van der Waals surface area contributed by atoms with Gasteiger partial charge in [0.15, 0.2) is 5.96 Å². The van der Waals surface area contributed by atoms with Gasteiger partial charge in [-0.15, -0.1) is 0 Å². The van der Waals surface area contributed by atoms with Crippen molar-refractivity contribution in [3.8, 4) is 0 Å². The molecule has 2 rings (SSSR count). The van der Waals surface area contributed by atoms with Crippen molar-refractivity contribution in [2.45, 2.75) is 6.04 Å². The molecule has 0 aromatic heterocycles. The lowest BCUT2D eigenvalue weighted by Crippen LogP contribution is -2.39. The number of guanidine groups is 1. The van der Waals surface area contributed by atoms with Gasteiger partial charge in [0.05, 0.1) is 12.6 Å². The third kappa shape index (κ3) is 1.02. The standard InChI is InChI=1S/C8H11N3/c9-8-10-5-6-11(8)7-3-1-2-4-7/h1-4,7H,5-6H2,(H2,9,10). The zero-order chi connectivity index (χ0) is 7.68. The van der Waals surface area contributed by atoms with Crippen LogP contribution in [0.3, 0.4) is 0 Å². The SMILES string of the molecule is NC1=NCCN1C1C=CC=C1. The van der Waals surface area contributed by atoms with Crippen molar-refractivity contribution < 1.29 is 0 Å². The predicted octanol–water partition coefficient (Wildman–Crippen LogP) is 0.111. The van der Waals surface area contributed by atoms with Crippen molar-refractivity contribution in [3.05, 3.63) is 24.3 Å². The summed E-state index contributed by atoms with van der Waals surface area (Å²) in [5.74, 6) is 0.672. The van der Waals surface area contributed by atoms with Crippen LogP contribution in [-0.2, 0) is 0 Å². The minimum atomic E-state index is 0.348. The first-order valence-corrected chi connectivity index (χ1v) is 3.79. The van der Waals surface area contributed by atoms with Crippen molar-refractivity contribution in [1.82, 2.24) is 4.90 Å². The van der Waals surface area contributed by atoms with E-state index in [2.05, 4.69) is 22.0 Å². The largest absolute Gasteiger partial charge is 0.370 e. The van der Waals surface area contributed by atoms with E-state index >= 15 is 0 Å². The first-order valence-electron chi connectivity index (χ1n) is 3.79. The van der Waals surface area contributed by atoms with Gasteiger partial charge in [0, 0.05) is 6.54 Å². The molecule has 58 valence electrons. The summed E-state index contributed by atoms with van der Waals surface area (Å²) < 4.78 is 0. The number of nitrogens with two attached hydrogens (primary N) is 1. The Labute approximate surface area is 65.9 Å². The van der Waals surface area contributed by atoms with E-state index in [0.29, 0.717) is 12.0 Å². The number of hydrogen-bond acceptors (Lipinski definition) is 3. The zero-order valence-corrected chi connectivity index (χ0v) is 6.27. The second-order valence-electron chi connectivity index (χ2n) is 2.69. The summed E-state index contributed by atoms with van der Waals surface area (Å²) in [6, 6.07) is 0.348. The Morgan fingerprint density at radius 2 is 2.18 bits per heavy atom.